The van der Waals surface area contributed by atoms with Gasteiger partial charge in [-0.05, 0) is 20.8 Å². The summed E-state index contributed by atoms with van der Waals surface area (Å²) in [7, 11) is 0. The SMILES string of the molecule is Cc1cc2ncc(CNC(C)(C)CC(N)=O)cn2n1. The molecule has 2 rings (SSSR count). The monoisotopic (exact) mass is 261 g/mol. The van der Waals surface area contributed by atoms with E-state index in [2.05, 4.69) is 15.4 Å². The van der Waals surface area contributed by atoms with Crippen molar-refractivity contribution in [1.29, 1.82) is 0 Å². The van der Waals surface area contributed by atoms with Crippen LogP contribution in [0.2, 0.25) is 0 Å². The Morgan fingerprint density at radius 2 is 2.26 bits per heavy atom. The van der Waals surface area contributed by atoms with Crippen LogP contribution in [0.4, 0.5) is 0 Å². The lowest BCUT2D eigenvalue weighted by molar-refractivity contribution is -0.119. The van der Waals surface area contributed by atoms with Gasteiger partial charge in [0, 0.05) is 42.5 Å². The van der Waals surface area contributed by atoms with Crippen molar-refractivity contribution in [2.24, 2.45) is 5.73 Å². The summed E-state index contributed by atoms with van der Waals surface area (Å²) in [5.41, 5.74) is 7.66. The van der Waals surface area contributed by atoms with E-state index in [0.29, 0.717) is 13.0 Å². The van der Waals surface area contributed by atoms with Crippen LogP contribution >= 0.6 is 0 Å². The number of hydrogen-bond acceptors (Lipinski definition) is 4. The molecular weight excluding hydrogens is 242 g/mol. The fraction of sp³-hybridized carbons (Fsp3) is 0.462. The number of primary amides is 1. The van der Waals surface area contributed by atoms with Gasteiger partial charge in [0.05, 0.1) is 5.69 Å². The average Bonchev–Trinajstić information content (AvgIpc) is 2.64. The number of nitrogens with zero attached hydrogens (tertiary/aromatic N) is 3. The molecule has 0 bridgehead atoms. The standard InChI is InChI=1S/C13H19N5O/c1-9-4-12-15-6-10(8-18(12)17-9)7-16-13(2,3)5-11(14)19/h4,6,8,16H,5,7H2,1-3H3,(H2,14,19). The first-order chi connectivity index (χ1) is 8.85. The van der Waals surface area contributed by atoms with E-state index in [-0.39, 0.29) is 11.4 Å². The van der Waals surface area contributed by atoms with Crippen LogP contribution in [0.1, 0.15) is 31.5 Å². The molecule has 2 heterocycles. The summed E-state index contributed by atoms with van der Waals surface area (Å²) in [5.74, 6) is -0.311. The zero-order valence-electron chi connectivity index (χ0n) is 11.5. The summed E-state index contributed by atoms with van der Waals surface area (Å²) in [6.45, 7) is 6.44. The molecule has 6 heteroatoms. The van der Waals surface area contributed by atoms with Gasteiger partial charge >= 0.3 is 0 Å². The summed E-state index contributed by atoms with van der Waals surface area (Å²) >= 11 is 0. The Hall–Kier alpha value is -1.95. The fourth-order valence-corrected chi connectivity index (χ4v) is 1.96. The number of carbonyl (C=O) groups is 1. The highest BCUT2D eigenvalue weighted by Crippen LogP contribution is 2.10. The average molecular weight is 261 g/mol. The van der Waals surface area contributed by atoms with Gasteiger partial charge in [0.2, 0.25) is 5.91 Å². The van der Waals surface area contributed by atoms with Gasteiger partial charge in [-0.25, -0.2) is 9.50 Å². The van der Waals surface area contributed by atoms with Crippen molar-refractivity contribution in [1.82, 2.24) is 19.9 Å². The quantitative estimate of drug-likeness (QED) is 0.833. The van der Waals surface area contributed by atoms with Crippen LogP contribution in [0.3, 0.4) is 0 Å². The third-order valence-electron chi connectivity index (χ3n) is 2.88. The van der Waals surface area contributed by atoms with Crippen LogP contribution in [-0.4, -0.2) is 26.0 Å². The molecule has 0 fully saturated rings. The van der Waals surface area contributed by atoms with Gasteiger partial charge in [-0.15, -0.1) is 0 Å². The fourth-order valence-electron chi connectivity index (χ4n) is 1.96. The molecule has 0 saturated carbocycles. The van der Waals surface area contributed by atoms with Crippen LogP contribution < -0.4 is 11.1 Å². The van der Waals surface area contributed by atoms with Crippen LogP contribution in [0, 0.1) is 6.92 Å². The third-order valence-corrected chi connectivity index (χ3v) is 2.88. The Labute approximate surface area is 112 Å². The predicted molar refractivity (Wildman–Crippen MR) is 72.5 cm³/mol. The topological polar surface area (TPSA) is 85.3 Å². The lowest BCUT2D eigenvalue weighted by Gasteiger charge is -2.24. The molecule has 2 aromatic heterocycles. The van der Waals surface area contributed by atoms with Gasteiger partial charge in [-0.1, -0.05) is 0 Å². The van der Waals surface area contributed by atoms with Crippen LogP contribution in [0.15, 0.2) is 18.5 Å². The number of carbonyl (C=O) groups excluding carboxylic acids is 1. The summed E-state index contributed by atoms with van der Waals surface area (Å²) < 4.78 is 1.76. The predicted octanol–water partition coefficient (Wildman–Crippen LogP) is 0.781. The molecule has 0 spiro atoms. The molecule has 0 aliphatic rings. The molecule has 0 aliphatic carbocycles. The Balaban J connectivity index is 2.07. The molecule has 102 valence electrons. The highest BCUT2D eigenvalue weighted by molar-refractivity contribution is 5.74. The minimum absolute atomic E-state index is 0.295. The van der Waals surface area contributed by atoms with Gasteiger partial charge in [0.15, 0.2) is 5.65 Å². The van der Waals surface area contributed by atoms with Gasteiger partial charge in [-0.2, -0.15) is 5.10 Å². The molecule has 19 heavy (non-hydrogen) atoms. The normalized spacial score (nSPS) is 11.9. The van der Waals surface area contributed by atoms with Crippen molar-refractivity contribution >= 4 is 11.6 Å². The Bertz CT molecular complexity index is 602. The van der Waals surface area contributed by atoms with Crippen molar-refractivity contribution < 1.29 is 4.79 Å². The number of nitrogens with two attached hydrogens (primary N) is 1. The number of aromatic nitrogens is 3. The Morgan fingerprint density at radius 3 is 2.95 bits per heavy atom. The number of nitrogens with one attached hydrogen (secondary N) is 1. The number of rotatable bonds is 5. The Morgan fingerprint density at radius 1 is 1.53 bits per heavy atom. The van der Waals surface area contributed by atoms with Gasteiger partial charge in [0.1, 0.15) is 0 Å². The molecule has 6 nitrogen and oxygen atoms in total. The molecule has 0 aliphatic heterocycles. The van der Waals surface area contributed by atoms with E-state index in [9.17, 15) is 4.79 Å². The van der Waals surface area contributed by atoms with Crippen LogP contribution in [0.25, 0.3) is 5.65 Å². The molecule has 0 unspecified atom stereocenters. The number of aryl methyl sites for hydroxylation is 1. The van der Waals surface area contributed by atoms with Crippen molar-refractivity contribution in [3.05, 3.63) is 29.7 Å². The van der Waals surface area contributed by atoms with Gasteiger partial charge in [-0.3, -0.25) is 4.79 Å². The molecule has 0 saturated heterocycles. The third kappa shape index (κ3) is 3.51. The largest absolute Gasteiger partial charge is 0.370 e. The number of fused-ring (bicyclic) bond motifs is 1. The molecule has 3 N–H and O–H groups in total. The minimum Gasteiger partial charge on any atom is -0.370 e. The maximum Gasteiger partial charge on any atom is 0.219 e. The highest BCUT2D eigenvalue weighted by Gasteiger charge is 2.19. The lowest BCUT2D eigenvalue weighted by Crippen LogP contribution is -2.42. The zero-order valence-corrected chi connectivity index (χ0v) is 11.5. The Kier molecular flexibility index (Phi) is 3.53. The zero-order chi connectivity index (χ0) is 14.0. The van der Waals surface area contributed by atoms with E-state index in [1.807, 2.05) is 39.2 Å². The van der Waals surface area contributed by atoms with E-state index in [1.165, 1.54) is 0 Å². The summed E-state index contributed by atoms with van der Waals surface area (Å²) in [5, 5.41) is 7.62. The van der Waals surface area contributed by atoms with Crippen molar-refractivity contribution in [2.45, 2.75) is 39.3 Å². The van der Waals surface area contributed by atoms with Gasteiger partial charge < -0.3 is 11.1 Å². The van der Waals surface area contributed by atoms with Crippen molar-refractivity contribution in [3.8, 4) is 0 Å². The first kappa shape index (κ1) is 13.5. The molecule has 0 radical (unpaired) electrons. The smallest absolute Gasteiger partial charge is 0.219 e. The summed E-state index contributed by atoms with van der Waals surface area (Å²) in [6, 6.07) is 1.92. The lowest BCUT2D eigenvalue weighted by atomic mass is 10.00. The summed E-state index contributed by atoms with van der Waals surface area (Å²) in [4.78, 5) is 15.3. The first-order valence-electron chi connectivity index (χ1n) is 6.20. The second-order valence-electron chi connectivity index (χ2n) is 5.43. The van der Waals surface area contributed by atoms with Crippen LogP contribution in [0.5, 0.6) is 0 Å². The molecule has 0 atom stereocenters. The van der Waals surface area contributed by atoms with E-state index in [4.69, 9.17) is 5.73 Å². The van der Waals surface area contributed by atoms with E-state index in [1.54, 1.807) is 4.52 Å². The minimum atomic E-state index is -0.333. The number of amides is 1. The second kappa shape index (κ2) is 4.97. The second-order valence-corrected chi connectivity index (χ2v) is 5.43. The molecule has 2 aromatic rings. The molecule has 1 amide bonds. The van der Waals surface area contributed by atoms with Crippen molar-refractivity contribution in [2.75, 3.05) is 0 Å². The van der Waals surface area contributed by atoms with E-state index < -0.39 is 0 Å². The van der Waals surface area contributed by atoms with Gasteiger partial charge in [0.25, 0.3) is 0 Å². The maximum absolute atomic E-state index is 11.0. The maximum atomic E-state index is 11.0. The highest BCUT2D eigenvalue weighted by atomic mass is 16.1. The van der Waals surface area contributed by atoms with Crippen molar-refractivity contribution in [3.63, 3.8) is 0 Å². The van der Waals surface area contributed by atoms with E-state index >= 15 is 0 Å². The van der Waals surface area contributed by atoms with E-state index in [0.717, 1.165) is 16.9 Å². The molecular formula is C13H19N5O. The first-order valence-corrected chi connectivity index (χ1v) is 6.20. The van der Waals surface area contributed by atoms with Crippen LogP contribution in [-0.2, 0) is 11.3 Å². The molecule has 0 aromatic carbocycles. The number of hydrogen-bond donors (Lipinski definition) is 2. The summed E-state index contributed by atoms with van der Waals surface area (Å²) in [6.07, 6.45) is 4.04.